The van der Waals surface area contributed by atoms with Crippen LogP contribution in [-0.4, -0.2) is 43.7 Å². The number of rotatable bonds is 8. The van der Waals surface area contributed by atoms with Crippen molar-refractivity contribution >= 4 is 29.9 Å². The summed E-state index contributed by atoms with van der Waals surface area (Å²) in [6, 6.07) is 24.0. The SMILES string of the molecule is Cc1ccc(-c2nnc(SCC(=O)NN=Cc3ccc(C(=O)O)cc3)n2-c2ccccc2)cc1. The maximum absolute atomic E-state index is 12.3. The number of nitrogens with one attached hydrogen (secondary N) is 1. The number of aromatic carboxylic acids is 1. The standard InChI is InChI=1S/C25H21N5O3S/c1-17-7-11-19(12-8-17)23-28-29-25(30(23)21-5-3-2-4-6-21)34-16-22(31)27-26-15-18-9-13-20(14-10-18)24(32)33/h2-15H,16H2,1H3,(H,27,31)(H,32,33). The summed E-state index contributed by atoms with van der Waals surface area (Å²) < 4.78 is 1.93. The molecule has 0 aliphatic rings. The lowest BCUT2D eigenvalue weighted by atomic mass is 10.1. The molecule has 170 valence electrons. The Bertz CT molecular complexity index is 1320. The lowest BCUT2D eigenvalue weighted by Crippen LogP contribution is -2.20. The van der Waals surface area contributed by atoms with E-state index in [0.717, 1.165) is 16.8 Å². The molecule has 0 fully saturated rings. The topological polar surface area (TPSA) is 109 Å². The van der Waals surface area contributed by atoms with Crippen molar-refractivity contribution in [2.24, 2.45) is 5.10 Å². The molecule has 3 aromatic carbocycles. The number of hydrogen-bond donors (Lipinski definition) is 2. The fraction of sp³-hybridized carbons (Fsp3) is 0.0800. The van der Waals surface area contributed by atoms with E-state index in [1.807, 2.05) is 66.1 Å². The minimum atomic E-state index is -0.997. The molecule has 0 aliphatic heterocycles. The molecule has 4 aromatic rings. The lowest BCUT2D eigenvalue weighted by Gasteiger charge is -2.10. The van der Waals surface area contributed by atoms with Crippen LogP contribution in [0.2, 0.25) is 0 Å². The van der Waals surface area contributed by atoms with Gasteiger partial charge in [0.15, 0.2) is 11.0 Å². The van der Waals surface area contributed by atoms with Crippen LogP contribution in [0, 0.1) is 6.92 Å². The van der Waals surface area contributed by atoms with Crippen LogP contribution in [0.1, 0.15) is 21.5 Å². The van der Waals surface area contributed by atoms with Crippen LogP contribution in [0.4, 0.5) is 0 Å². The zero-order valence-electron chi connectivity index (χ0n) is 18.3. The second-order valence-corrected chi connectivity index (χ2v) is 8.29. The number of hydrogen-bond acceptors (Lipinski definition) is 6. The number of carbonyl (C=O) groups is 2. The summed E-state index contributed by atoms with van der Waals surface area (Å²) in [6.45, 7) is 2.03. The van der Waals surface area contributed by atoms with Crippen LogP contribution in [0.25, 0.3) is 17.1 Å². The van der Waals surface area contributed by atoms with Gasteiger partial charge in [-0.25, -0.2) is 10.2 Å². The molecule has 0 saturated carbocycles. The summed E-state index contributed by atoms with van der Waals surface area (Å²) in [5.41, 5.74) is 6.31. The van der Waals surface area contributed by atoms with E-state index in [0.29, 0.717) is 16.5 Å². The highest BCUT2D eigenvalue weighted by Gasteiger charge is 2.17. The highest BCUT2D eigenvalue weighted by atomic mass is 32.2. The van der Waals surface area contributed by atoms with Gasteiger partial charge in [-0.3, -0.25) is 9.36 Å². The van der Waals surface area contributed by atoms with E-state index < -0.39 is 5.97 Å². The number of carboxylic acids is 1. The minimum absolute atomic E-state index is 0.0914. The molecule has 0 radical (unpaired) electrons. The van der Waals surface area contributed by atoms with E-state index >= 15 is 0 Å². The van der Waals surface area contributed by atoms with Gasteiger partial charge in [0, 0.05) is 11.3 Å². The molecule has 0 aliphatic carbocycles. The Morgan fingerprint density at radius 2 is 1.71 bits per heavy atom. The third-order valence-electron chi connectivity index (χ3n) is 4.85. The summed E-state index contributed by atoms with van der Waals surface area (Å²) in [4.78, 5) is 23.2. The van der Waals surface area contributed by atoms with Crippen molar-refractivity contribution in [3.05, 3.63) is 95.6 Å². The van der Waals surface area contributed by atoms with Crippen molar-refractivity contribution in [3.8, 4) is 17.1 Å². The third kappa shape index (κ3) is 5.57. The van der Waals surface area contributed by atoms with Gasteiger partial charge in [0.2, 0.25) is 0 Å². The number of aryl methyl sites for hydroxylation is 1. The molecule has 9 heteroatoms. The van der Waals surface area contributed by atoms with Gasteiger partial charge in [-0.05, 0) is 36.8 Å². The molecule has 34 heavy (non-hydrogen) atoms. The fourth-order valence-electron chi connectivity index (χ4n) is 3.12. The molecule has 1 aromatic heterocycles. The number of thioether (sulfide) groups is 1. The number of nitrogens with zero attached hydrogens (tertiary/aromatic N) is 4. The number of aromatic nitrogens is 3. The maximum atomic E-state index is 12.3. The average Bonchev–Trinajstić information content (AvgIpc) is 3.28. The Morgan fingerprint density at radius 1 is 1.00 bits per heavy atom. The van der Waals surface area contributed by atoms with Crippen molar-refractivity contribution < 1.29 is 14.7 Å². The molecule has 1 amide bonds. The van der Waals surface area contributed by atoms with Crippen LogP contribution < -0.4 is 5.43 Å². The van der Waals surface area contributed by atoms with Gasteiger partial charge in [-0.2, -0.15) is 5.10 Å². The van der Waals surface area contributed by atoms with Gasteiger partial charge in [0.05, 0.1) is 17.5 Å². The van der Waals surface area contributed by atoms with Crippen molar-refractivity contribution in [3.63, 3.8) is 0 Å². The lowest BCUT2D eigenvalue weighted by molar-refractivity contribution is -0.118. The largest absolute Gasteiger partial charge is 0.478 e. The quantitative estimate of drug-likeness (QED) is 0.227. The first kappa shape index (κ1) is 22.9. The molecule has 0 atom stereocenters. The number of para-hydroxylation sites is 1. The van der Waals surface area contributed by atoms with Gasteiger partial charge in [-0.1, -0.05) is 71.9 Å². The second kappa shape index (κ2) is 10.6. The first-order valence-electron chi connectivity index (χ1n) is 10.4. The molecule has 1 heterocycles. The molecule has 0 saturated heterocycles. The number of carboxylic acid groups (broad SMARTS) is 1. The van der Waals surface area contributed by atoms with Crippen molar-refractivity contribution in [1.29, 1.82) is 0 Å². The fourth-order valence-corrected chi connectivity index (χ4v) is 3.86. The Balaban J connectivity index is 1.45. The number of benzene rings is 3. The van der Waals surface area contributed by atoms with Crippen LogP contribution in [0.15, 0.2) is 89.1 Å². The van der Waals surface area contributed by atoms with Gasteiger partial charge in [0.1, 0.15) is 0 Å². The highest BCUT2D eigenvalue weighted by molar-refractivity contribution is 7.99. The third-order valence-corrected chi connectivity index (χ3v) is 5.78. The van der Waals surface area contributed by atoms with Crippen LogP contribution in [0.3, 0.4) is 0 Å². The minimum Gasteiger partial charge on any atom is -0.478 e. The van der Waals surface area contributed by atoms with E-state index in [1.165, 1.54) is 30.1 Å². The van der Waals surface area contributed by atoms with Gasteiger partial charge >= 0.3 is 5.97 Å². The monoisotopic (exact) mass is 471 g/mol. The molecule has 0 bridgehead atoms. The van der Waals surface area contributed by atoms with E-state index in [1.54, 1.807) is 12.1 Å². The van der Waals surface area contributed by atoms with Crippen molar-refractivity contribution in [1.82, 2.24) is 20.2 Å². The molecule has 0 unspecified atom stereocenters. The molecular formula is C25H21N5O3S. The molecule has 4 rings (SSSR count). The Kier molecular flexibility index (Phi) is 7.14. The molecule has 0 spiro atoms. The molecular weight excluding hydrogens is 450 g/mol. The highest BCUT2D eigenvalue weighted by Crippen LogP contribution is 2.28. The van der Waals surface area contributed by atoms with Crippen molar-refractivity contribution in [2.75, 3.05) is 5.75 Å². The molecule has 8 nitrogen and oxygen atoms in total. The maximum Gasteiger partial charge on any atom is 0.335 e. The summed E-state index contributed by atoms with van der Waals surface area (Å²) in [7, 11) is 0. The summed E-state index contributed by atoms with van der Waals surface area (Å²) in [5.74, 6) is -0.517. The molecule has 2 N–H and O–H groups in total. The number of hydrazone groups is 1. The van der Waals surface area contributed by atoms with E-state index in [-0.39, 0.29) is 17.2 Å². The smallest absolute Gasteiger partial charge is 0.335 e. The predicted octanol–water partition coefficient (Wildman–Crippen LogP) is 4.18. The first-order valence-corrected chi connectivity index (χ1v) is 11.4. The zero-order chi connectivity index (χ0) is 23.9. The van der Waals surface area contributed by atoms with E-state index in [2.05, 4.69) is 20.7 Å². The number of amides is 1. The number of carbonyl (C=O) groups excluding carboxylic acids is 1. The Morgan fingerprint density at radius 3 is 2.38 bits per heavy atom. The van der Waals surface area contributed by atoms with Crippen LogP contribution in [0.5, 0.6) is 0 Å². The average molecular weight is 472 g/mol. The van der Waals surface area contributed by atoms with E-state index in [4.69, 9.17) is 5.11 Å². The van der Waals surface area contributed by atoms with Gasteiger partial charge < -0.3 is 5.11 Å². The normalized spacial score (nSPS) is 11.0. The second-order valence-electron chi connectivity index (χ2n) is 7.35. The summed E-state index contributed by atoms with van der Waals surface area (Å²) in [5, 5.41) is 22.2. The van der Waals surface area contributed by atoms with Gasteiger partial charge in [-0.15, -0.1) is 10.2 Å². The summed E-state index contributed by atoms with van der Waals surface area (Å²) in [6.07, 6.45) is 1.45. The van der Waals surface area contributed by atoms with Crippen LogP contribution >= 0.6 is 11.8 Å². The Labute approximate surface area is 200 Å². The summed E-state index contributed by atoms with van der Waals surface area (Å²) >= 11 is 1.26. The van der Waals surface area contributed by atoms with Crippen LogP contribution in [-0.2, 0) is 4.79 Å². The zero-order valence-corrected chi connectivity index (χ0v) is 19.1. The Hall–Kier alpha value is -4.24. The van der Waals surface area contributed by atoms with E-state index in [9.17, 15) is 9.59 Å². The predicted molar refractivity (Wildman–Crippen MR) is 131 cm³/mol. The first-order chi connectivity index (χ1) is 16.5. The van der Waals surface area contributed by atoms with Crippen molar-refractivity contribution in [2.45, 2.75) is 12.1 Å². The van der Waals surface area contributed by atoms with Gasteiger partial charge in [0.25, 0.3) is 5.91 Å².